The van der Waals surface area contributed by atoms with Crippen molar-refractivity contribution in [1.29, 1.82) is 0 Å². The summed E-state index contributed by atoms with van der Waals surface area (Å²) >= 11 is 15.4. The highest BCUT2D eigenvalue weighted by Gasteiger charge is 2.47. The van der Waals surface area contributed by atoms with Crippen LogP contribution in [0.3, 0.4) is 0 Å². The fraction of sp³-hybridized carbons (Fsp3) is 0.304. The van der Waals surface area contributed by atoms with Gasteiger partial charge in [0.15, 0.2) is 0 Å². The first-order valence-electron chi connectivity index (χ1n) is 9.82. The van der Waals surface area contributed by atoms with Crippen LogP contribution >= 0.6 is 39.1 Å². The van der Waals surface area contributed by atoms with E-state index in [4.69, 9.17) is 23.2 Å². The maximum atomic E-state index is 12.7. The molecule has 4 rings (SSSR count). The molecular formula is C23H21BrCl2N2O2. The molecule has 7 heteroatoms. The number of carbonyl (C=O) groups is 2. The van der Waals surface area contributed by atoms with Crippen LogP contribution in [-0.4, -0.2) is 47.8 Å². The summed E-state index contributed by atoms with van der Waals surface area (Å²) in [6, 6.07) is 12.8. The first-order chi connectivity index (χ1) is 14.3. The Morgan fingerprint density at radius 1 is 0.933 bits per heavy atom. The van der Waals surface area contributed by atoms with E-state index in [1.807, 2.05) is 40.1 Å². The molecule has 0 atom stereocenters. The molecule has 0 saturated carbocycles. The van der Waals surface area contributed by atoms with E-state index in [1.54, 1.807) is 24.3 Å². The summed E-state index contributed by atoms with van der Waals surface area (Å²) in [6.07, 6.45) is 5.30. The zero-order valence-corrected chi connectivity index (χ0v) is 19.4. The minimum Gasteiger partial charge on any atom is -0.339 e. The van der Waals surface area contributed by atoms with Gasteiger partial charge in [0.25, 0.3) is 5.91 Å². The second-order valence-electron chi connectivity index (χ2n) is 8.03. The lowest BCUT2D eigenvalue weighted by Gasteiger charge is -2.53. The number of nitrogens with zero attached hydrogens (tertiary/aromatic N) is 2. The molecule has 0 bridgehead atoms. The molecular weight excluding hydrogens is 487 g/mol. The maximum absolute atomic E-state index is 12.7. The highest BCUT2D eigenvalue weighted by molar-refractivity contribution is 9.10. The SMILES string of the molecule is O=C(/C=C/c1ccc(Br)cc1)N1CCC2(CC1)CN(C(=O)c1cc(Cl)cc(Cl)c1)C2. The molecule has 0 N–H and O–H groups in total. The Morgan fingerprint density at radius 3 is 2.13 bits per heavy atom. The van der Waals surface area contributed by atoms with Crippen molar-refractivity contribution in [3.05, 3.63) is 74.2 Å². The van der Waals surface area contributed by atoms with Gasteiger partial charge in [-0.15, -0.1) is 0 Å². The summed E-state index contributed by atoms with van der Waals surface area (Å²) in [5, 5.41) is 0.924. The zero-order valence-electron chi connectivity index (χ0n) is 16.3. The molecule has 2 amide bonds. The van der Waals surface area contributed by atoms with Crippen LogP contribution in [0.15, 0.2) is 53.0 Å². The van der Waals surface area contributed by atoms with Crippen LogP contribution in [0.4, 0.5) is 0 Å². The number of hydrogen-bond donors (Lipinski definition) is 0. The quantitative estimate of drug-likeness (QED) is 0.512. The van der Waals surface area contributed by atoms with E-state index in [-0.39, 0.29) is 17.2 Å². The smallest absolute Gasteiger partial charge is 0.253 e. The van der Waals surface area contributed by atoms with Crippen molar-refractivity contribution in [2.24, 2.45) is 5.41 Å². The van der Waals surface area contributed by atoms with Crippen LogP contribution in [0.1, 0.15) is 28.8 Å². The standard InChI is InChI=1S/C23H21BrCl2N2O2/c24-18-4-1-16(2-5-18)3-6-21(29)27-9-7-23(8-10-27)14-28(15-23)22(30)17-11-19(25)13-20(26)12-17/h1-6,11-13H,7-10,14-15H2/b6-3+. The lowest BCUT2D eigenvalue weighted by atomic mass is 9.71. The Balaban J connectivity index is 1.29. The van der Waals surface area contributed by atoms with Crippen molar-refractivity contribution in [2.75, 3.05) is 26.2 Å². The molecule has 2 aromatic rings. The Bertz CT molecular complexity index is 971. The first kappa shape index (κ1) is 21.4. The van der Waals surface area contributed by atoms with Crippen LogP contribution in [0.25, 0.3) is 6.08 Å². The van der Waals surface area contributed by atoms with Crippen LogP contribution < -0.4 is 0 Å². The number of carbonyl (C=O) groups excluding carboxylic acids is 2. The van der Waals surface area contributed by atoms with E-state index in [0.29, 0.717) is 41.8 Å². The predicted molar refractivity (Wildman–Crippen MR) is 124 cm³/mol. The van der Waals surface area contributed by atoms with Gasteiger partial charge in [-0.3, -0.25) is 9.59 Å². The van der Waals surface area contributed by atoms with Gasteiger partial charge < -0.3 is 9.80 Å². The van der Waals surface area contributed by atoms with Crippen molar-refractivity contribution >= 4 is 57.0 Å². The van der Waals surface area contributed by atoms with Crippen LogP contribution in [0, 0.1) is 5.41 Å². The molecule has 2 aliphatic heterocycles. The molecule has 4 nitrogen and oxygen atoms in total. The monoisotopic (exact) mass is 506 g/mol. The number of amides is 2. The highest BCUT2D eigenvalue weighted by atomic mass is 79.9. The van der Waals surface area contributed by atoms with Gasteiger partial charge in [-0.25, -0.2) is 0 Å². The number of benzene rings is 2. The minimum absolute atomic E-state index is 0.0357. The predicted octanol–water partition coefficient (Wildman–Crippen LogP) is 5.53. The van der Waals surface area contributed by atoms with Gasteiger partial charge in [-0.2, -0.15) is 0 Å². The number of likely N-dealkylation sites (tertiary alicyclic amines) is 2. The minimum atomic E-state index is -0.0408. The number of hydrogen-bond acceptors (Lipinski definition) is 2. The topological polar surface area (TPSA) is 40.6 Å². The molecule has 2 aliphatic rings. The van der Waals surface area contributed by atoms with Gasteiger partial charge in [0.05, 0.1) is 0 Å². The van der Waals surface area contributed by atoms with E-state index < -0.39 is 0 Å². The Labute approximate surface area is 194 Å². The molecule has 30 heavy (non-hydrogen) atoms. The van der Waals surface area contributed by atoms with Crippen LogP contribution in [-0.2, 0) is 4.79 Å². The molecule has 1 spiro atoms. The van der Waals surface area contributed by atoms with Gasteiger partial charge in [0.1, 0.15) is 0 Å². The first-order valence-corrected chi connectivity index (χ1v) is 11.4. The highest BCUT2D eigenvalue weighted by Crippen LogP contribution is 2.41. The van der Waals surface area contributed by atoms with E-state index in [9.17, 15) is 9.59 Å². The number of halogens is 3. The summed E-state index contributed by atoms with van der Waals surface area (Å²) in [5.41, 5.74) is 1.63. The molecule has 0 unspecified atom stereocenters. The van der Waals surface area contributed by atoms with E-state index >= 15 is 0 Å². The molecule has 156 valence electrons. The van der Waals surface area contributed by atoms with Gasteiger partial charge in [-0.05, 0) is 54.8 Å². The summed E-state index contributed by atoms with van der Waals surface area (Å²) in [6.45, 7) is 2.86. The van der Waals surface area contributed by atoms with Crippen LogP contribution in [0.2, 0.25) is 10.0 Å². The molecule has 2 heterocycles. The Hall–Kier alpha value is -1.82. The van der Waals surface area contributed by atoms with Crippen LogP contribution in [0.5, 0.6) is 0 Å². The maximum Gasteiger partial charge on any atom is 0.253 e. The number of rotatable bonds is 3. The van der Waals surface area contributed by atoms with E-state index in [0.717, 1.165) is 22.9 Å². The molecule has 0 radical (unpaired) electrons. The average molecular weight is 508 g/mol. The second-order valence-corrected chi connectivity index (χ2v) is 9.82. The average Bonchev–Trinajstić information content (AvgIpc) is 2.70. The lowest BCUT2D eigenvalue weighted by Crippen LogP contribution is -2.62. The third-order valence-corrected chi connectivity index (χ3v) is 6.84. The van der Waals surface area contributed by atoms with Crippen molar-refractivity contribution in [2.45, 2.75) is 12.8 Å². The van der Waals surface area contributed by atoms with Crippen molar-refractivity contribution in [1.82, 2.24) is 9.80 Å². The molecule has 2 saturated heterocycles. The summed E-state index contributed by atoms with van der Waals surface area (Å²) < 4.78 is 1.01. The van der Waals surface area contributed by atoms with Crippen molar-refractivity contribution in [3.63, 3.8) is 0 Å². The fourth-order valence-electron chi connectivity index (χ4n) is 4.13. The van der Waals surface area contributed by atoms with E-state index in [1.165, 1.54) is 0 Å². The van der Waals surface area contributed by atoms with Gasteiger partial charge in [0.2, 0.25) is 5.91 Å². The summed E-state index contributed by atoms with van der Waals surface area (Å²) in [4.78, 5) is 29.0. The van der Waals surface area contributed by atoms with Gasteiger partial charge in [-0.1, -0.05) is 51.3 Å². The summed E-state index contributed by atoms with van der Waals surface area (Å²) in [7, 11) is 0. The largest absolute Gasteiger partial charge is 0.339 e. The fourth-order valence-corrected chi connectivity index (χ4v) is 4.92. The van der Waals surface area contributed by atoms with Gasteiger partial charge >= 0.3 is 0 Å². The molecule has 0 aliphatic carbocycles. The Kier molecular flexibility index (Phi) is 6.24. The third-order valence-electron chi connectivity index (χ3n) is 5.87. The van der Waals surface area contributed by atoms with Crippen molar-refractivity contribution in [3.8, 4) is 0 Å². The number of piperidine rings is 1. The third kappa shape index (κ3) is 4.74. The normalized spacial score (nSPS) is 18.0. The van der Waals surface area contributed by atoms with E-state index in [2.05, 4.69) is 15.9 Å². The Morgan fingerprint density at radius 2 is 1.53 bits per heavy atom. The molecule has 2 fully saturated rings. The zero-order chi connectivity index (χ0) is 21.3. The van der Waals surface area contributed by atoms with Gasteiger partial charge in [0, 0.05) is 57.8 Å². The lowest BCUT2D eigenvalue weighted by molar-refractivity contribution is -0.130. The second kappa shape index (κ2) is 8.74. The van der Waals surface area contributed by atoms with Crippen molar-refractivity contribution < 1.29 is 9.59 Å². The molecule has 0 aromatic heterocycles. The molecule has 2 aromatic carbocycles. The summed E-state index contributed by atoms with van der Waals surface area (Å²) in [5.74, 6) is -0.00504.